The summed E-state index contributed by atoms with van der Waals surface area (Å²) < 4.78 is 16.7. The van der Waals surface area contributed by atoms with Crippen LogP contribution in [0.4, 0.5) is 0 Å². The minimum atomic E-state index is 0.753. The lowest BCUT2D eigenvalue weighted by atomic mass is 10.3. The predicted octanol–water partition coefficient (Wildman–Crippen LogP) is 2.97. The molecule has 1 aliphatic heterocycles. The van der Waals surface area contributed by atoms with Crippen LogP contribution in [0.15, 0.2) is 24.3 Å². The molecule has 118 valence electrons. The summed E-state index contributed by atoms with van der Waals surface area (Å²) in [6.07, 6.45) is 3.27. The van der Waals surface area contributed by atoms with Crippen LogP contribution < -0.4 is 9.47 Å². The third-order valence-corrected chi connectivity index (χ3v) is 3.52. The molecule has 21 heavy (non-hydrogen) atoms. The maximum atomic E-state index is 5.79. The molecule has 0 N–H and O–H groups in total. The third-order valence-electron chi connectivity index (χ3n) is 3.52. The van der Waals surface area contributed by atoms with E-state index in [2.05, 4.69) is 11.8 Å². The molecule has 0 atom stereocenters. The molecule has 0 aromatic heterocycles. The van der Waals surface area contributed by atoms with Crippen LogP contribution in [0, 0.1) is 0 Å². The van der Waals surface area contributed by atoms with Gasteiger partial charge < -0.3 is 14.2 Å². The van der Waals surface area contributed by atoms with E-state index in [1.54, 1.807) is 0 Å². The predicted molar refractivity (Wildman–Crippen MR) is 84.2 cm³/mol. The fourth-order valence-electron chi connectivity index (χ4n) is 2.33. The van der Waals surface area contributed by atoms with E-state index >= 15 is 0 Å². The van der Waals surface area contributed by atoms with E-state index in [0.717, 1.165) is 70.4 Å². The molecule has 0 saturated carbocycles. The Bertz CT molecular complexity index is 391. The molecule has 4 nitrogen and oxygen atoms in total. The van der Waals surface area contributed by atoms with Crippen LogP contribution in [-0.2, 0) is 4.74 Å². The van der Waals surface area contributed by atoms with Gasteiger partial charge in [-0.1, -0.05) is 13.0 Å². The van der Waals surface area contributed by atoms with Crippen molar-refractivity contribution in [3.63, 3.8) is 0 Å². The minimum Gasteiger partial charge on any atom is -0.493 e. The van der Waals surface area contributed by atoms with Crippen LogP contribution in [0.2, 0.25) is 0 Å². The van der Waals surface area contributed by atoms with Gasteiger partial charge in [0, 0.05) is 19.2 Å². The first kappa shape index (κ1) is 16.1. The van der Waals surface area contributed by atoms with E-state index in [1.165, 1.54) is 6.42 Å². The number of ether oxygens (including phenoxy) is 3. The number of rotatable bonds is 9. The van der Waals surface area contributed by atoms with E-state index in [0.29, 0.717) is 0 Å². The fourth-order valence-corrected chi connectivity index (χ4v) is 2.33. The maximum absolute atomic E-state index is 5.79. The van der Waals surface area contributed by atoms with Crippen molar-refractivity contribution in [1.29, 1.82) is 0 Å². The van der Waals surface area contributed by atoms with Gasteiger partial charge in [0.15, 0.2) is 0 Å². The lowest BCUT2D eigenvalue weighted by molar-refractivity contribution is 0.0368. The van der Waals surface area contributed by atoms with Gasteiger partial charge in [0.1, 0.15) is 11.5 Å². The zero-order valence-corrected chi connectivity index (χ0v) is 13.1. The molecule has 1 aromatic rings. The van der Waals surface area contributed by atoms with Gasteiger partial charge in [-0.25, -0.2) is 0 Å². The summed E-state index contributed by atoms with van der Waals surface area (Å²) >= 11 is 0. The van der Waals surface area contributed by atoms with Gasteiger partial charge in [0.25, 0.3) is 0 Å². The Balaban J connectivity index is 1.59. The second-order valence-corrected chi connectivity index (χ2v) is 5.33. The molecule has 0 amide bonds. The van der Waals surface area contributed by atoms with E-state index < -0.39 is 0 Å². The van der Waals surface area contributed by atoms with Gasteiger partial charge in [-0.05, 0) is 37.9 Å². The summed E-state index contributed by atoms with van der Waals surface area (Å²) in [5.74, 6) is 1.79. The maximum Gasteiger partial charge on any atom is 0.122 e. The van der Waals surface area contributed by atoms with Crippen molar-refractivity contribution in [3.8, 4) is 11.5 Å². The Hall–Kier alpha value is -1.26. The first-order valence-electron chi connectivity index (χ1n) is 8.04. The molecule has 1 aromatic carbocycles. The monoisotopic (exact) mass is 293 g/mol. The zero-order chi connectivity index (χ0) is 14.8. The van der Waals surface area contributed by atoms with Gasteiger partial charge in [0.05, 0.1) is 26.4 Å². The molecule has 1 aliphatic rings. The minimum absolute atomic E-state index is 0.753. The Morgan fingerprint density at radius 1 is 1.05 bits per heavy atom. The van der Waals surface area contributed by atoms with Gasteiger partial charge in [-0.15, -0.1) is 0 Å². The van der Waals surface area contributed by atoms with Gasteiger partial charge in [0.2, 0.25) is 0 Å². The van der Waals surface area contributed by atoms with Crippen LogP contribution >= 0.6 is 0 Å². The van der Waals surface area contributed by atoms with Crippen LogP contribution in [0.5, 0.6) is 11.5 Å². The first-order chi connectivity index (χ1) is 10.4. The summed E-state index contributed by atoms with van der Waals surface area (Å²) in [5.41, 5.74) is 0. The number of benzene rings is 1. The van der Waals surface area contributed by atoms with Crippen LogP contribution in [0.1, 0.15) is 26.2 Å². The topological polar surface area (TPSA) is 30.9 Å². The van der Waals surface area contributed by atoms with Crippen molar-refractivity contribution in [2.24, 2.45) is 0 Å². The fraction of sp³-hybridized carbons (Fsp3) is 0.647. The number of nitrogens with zero attached hydrogens (tertiary/aromatic N) is 1. The van der Waals surface area contributed by atoms with Crippen molar-refractivity contribution in [1.82, 2.24) is 4.90 Å². The van der Waals surface area contributed by atoms with Gasteiger partial charge in [-0.2, -0.15) is 0 Å². The molecule has 1 saturated heterocycles. The quantitative estimate of drug-likeness (QED) is 0.655. The Kier molecular flexibility index (Phi) is 7.39. The highest BCUT2D eigenvalue weighted by Gasteiger charge is 2.09. The molecule has 0 unspecified atom stereocenters. The highest BCUT2D eigenvalue weighted by Crippen LogP contribution is 2.19. The second kappa shape index (κ2) is 9.64. The molecule has 1 heterocycles. The third kappa shape index (κ3) is 6.36. The summed E-state index contributed by atoms with van der Waals surface area (Å²) in [6, 6.07) is 7.91. The van der Waals surface area contributed by atoms with Crippen molar-refractivity contribution < 1.29 is 14.2 Å². The smallest absolute Gasteiger partial charge is 0.122 e. The number of morpholine rings is 1. The largest absolute Gasteiger partial charge is 0.493 e. The average Bonchev–Trinajstić information content (AvgIpc) is 2.54. The van der Waals surface area contributed by atoms with Crippen LogP contribution in [-0.4, -0.2) is 51.0 Å². The molecule has 0 bridgehead atoms. The number of unbranched alkanes of at least 4 members (excludes halogenated alkanes) is 1. The van der Waals surface area contributed by atoms with E-state index in [1.807, 2.05) is 24.3 Å². The van der Waals surface area contributed by atoms with Crippen LogP contribution in [0.3, 0.4) is 0 Å². The summed E-state index contributed by atoms with van der Waals surface area (Å²) in [6.45, 7) is 8.66. The highest BCUT2D eigenvalue weighted by molar-refractivity contribution is 5.32. The molecule has 4 heteroatoms. The van der Waals surface area contributed by atoms with Gasteiger partial charge in [-0.3, -0.25) is 4.90 Å². The zero-order valence-electron chi connectivity index (χ0n) is 13.1. The van der Waals surface area contributed by atoms with Crippen LogP contribution in [0.25, 0.3) is 0 Å². The summed E-state index contributed by atoms with van der Waals surface area (Å²) in [7, 11) is 0. The first-order valence-corrected chi connectivity index (χ1v) is 8.04. The lowest BCUT2D eigenvalue weighted by Crippen LogP contribution is -2.36. The Morgan fingerprint density at radius 3 is 2.48 bits per heavy atom. The molecular formula is C17H27NO3. The highest BCUT2D eigenvalue weighted by atomic mass is 16.5. The lowest BCUT2D eigenvalue weighted by Gasteiger charge is -2.26. The average molecular weight is 293 g/mol. The second-order valence-electron chi connectivity index (χ2n) is 5.33. The SMILES string of the molecule is CCCOc1cccc(OCCCCN2CCOCC2)c1. The van der Waals surface area contributed by atoms with E-state index in [-0.39, 0.29) is 0 Å². The molecule has 1 fully saturated rings. The van der Waals surface area contributed by atoms with Crippen molar-refractivity contribution >= 4 is 0 Å². The van der Waals surface area contributed by atoms with E-state index in [4.69, 9.17) is 14.2 Å². The molecule has 0 aliphatic carbocycles. The Morgan fingerprint density at radius 2 is 1.76 bits per heavy atom. The number of hydrogen-bond donors (Lipinski definition) is 0. The van der Waals surface area contributed by atoms with Gasteiger partial charge >= 0.3 is 0 Å². The number of hydrogen-bond acceptors (Lipinski definition) is 4. The van der Waals surface area contributed by atoms with Crippen molar-refractivity contribution in [2.45, 2.75) is 26.2 Å². The summed E-state index contributed by atoms with van der Waals surface area (Å²) in [5, 5.41) is 0. The molecule has 0 spiro atoms. The standard InChI is InChI=1S/C17H27NO3/c1-2-11-20-16-6-5-7-17(15-16)21-12-4-3-8-18-9-13-19-14-10-18/h5-7,15H,2-4,8-14H2,1H3. The van der Waals surface area contributed by atoms with E-state index in [9.17, 15) is 0 Å². The van der Waals surface area contributed by atoms with Crippen molar-refractivity contribution in [2.75, 3.05) is 46.1 Å². The molecular weight excluding hydrogens is 266 g/mol. The van der Waals surface area contributed by atoms with Crippen molar-refractivity contribution in [3.05, 3.63) is 24.3 Å². The molecule has 2 rings (SSSR count). The Labute approximate surface area is 128 Å². The summed E-state index contributed by atoms with van der Waals surface area (Å²) in [4.78, 5) is 2.46. The normalized spacial score (nSPS) is 15.9. The molecule has 0 radical (unpaired) electrons.